The Hall–Kier alpha value is -2.20. The third kappa shape index (κ3) is 4.75. The van der Waals surface area contributed by atoms with Crippen LogP contribution in [0.5, 0.6) is 5.75 Å². The summed E-state index contributed by atoms with van der Waals surface area (Å²) in [6, 6.07) is 7.53. The molecule has 1 aliphatic rings. The van der Waals surface area contributed by atoms with E-state index in [0.29, 0.717) is 18.2 Å². The highest BCUT2D eigenvalue weighted by molar-refractivity contribution is 8.00. The molecule has 0 spiro atoms. The highest BCUT2D eigenvalue weighted by Gasteiger charge is 2.29. The number of nitrogens with zero attached hydrogens (tertiary/aromatic N) is 4. The van der Waals surface area contributed by atoms with E-state index >= 15 is 0 Å². The van der Waals surface area contributed by atoms with Crippen molar-refractivity contribution in [2.45, 2.75) is 10.4 Å². The van der Waals surface area contributed by atoms with E-state index in [2.05, 4.69) is 10.2 Å². The van der Waals surface area contributed by atoms with Crippen molar-refractivity contribution >= 4 is 35.4 Å². The van der Waals surface area contributed by atoms with Crippen molar-refractivity contribution < 1.29 is 19.1 Å². The SMILES string of the molecule is COC(=O)[C@@H]1CN(C(=O)CSc2nncn2-c2cccc(OC)c2)CCS1. The molecule has 1 saturated heterocycles. The van der Waals surface area contributed by atoms with Crippen LogP contribution < -0.4 is 4.74 Å². The largest absolute Gasteiger partial charge is 0.497 e. The van der Waals surface area contributed by atoms with Crippen LogP contribution in [0.15, 0.2) is 35.7 Å². The number of thioether (sulfide) groups is 2. The average molecular weight is 409 g/mol. The van der Waals surface area contributed by atoms with Crippen LogP contribution >= 0.6 is 23.5 Å². The summed E-state index contributed by atoms with van der Waals surface area (Å²) >= 11 is 2.84. The highest BCUT2D eigenvalue weighted by Crippen LogP contribution is 2.24. The third-order valence-electron chi connectivity index (χ3n) is 4.06. The molecule has 2 aromatic rings. The number of benzene rings is 1. The lowest BCUT2D eigenvalue weighted by atomic mass is 10.3. The van der Waals surface area contributed by atoms with Gasteiger partial charge in [0.25, 0.3) is 0 Å². The molecule has 27 heavy (non-hydrogen) atoms. The lowest BCUT2D eigenvalue weighted by Crippen LogP contribution is -2.45. The molecule has 1 aromatic carbocycles. The number of carbonyl (C=O) groups excluding carboxylic acids is 2. The van der Waals surface area contributed by atoms with Crippen LogP contribution in [0, 0.1) is 0 Å². The van der Waals surface area contributed by atoms with Crippen LogP contribution in [0.25, 0.3) is 5.69 Å². The molecular weight excluding hydrogens is 388 g/mol. The van der Waals surface area contributed by atoms with E-state index in [1.54, 1.807) is 18.3 Å². The molecule has 2 heterocycles. The number of esters is 1. The van der Waals surface area contributed by atoms with E-state index in [-0.39, 0.29) is 22.9 Å². The first-order valence-corrected chi connectivity index (χ1v) is 10.3. The van der Waals surface area contributed by atoms with Crippen LogP contribution in [-0.4, -0.2) is 75.6 Å². The average Bonchev–Trinajstić information content (AvgIpc) is 3.20. The summed E-state index contributed by atoms with van der Waals surface area (Å²) in [5.41, 5.74) is 0.856. The first-order valence-electron chi connectivity index (χ1n) is 8.27. The molecule has 0 bridgehead atoms. The number of rotatable bonds is 6. The molecular formula is C17H20N4O4S2. The topological polar surface area (TPSA) is 86.5 Å². The molecule has 0 unspecified atom stereocenters. The van der Waals surface area contributed by atoms with Crippen LogP contribution in [-0.2, 0) is 14.3 Å². The summed E-state index contributed by atoms with van der Waals surface area (Å²) in [4.78, 5) is 26.0. The van der Waals surface area contributed by atoms with Gasteiger partial charge in [-0.1, -0.05) is 17.8 Å². The van der Waals surface area contributed by atoms with E-state index in [1.165, 1.54) is 30.6 Å². The molecule has 144 valence electrons. The predicted octanol–water partition coefficient (Wildman–Crippen LogP) is 1.48. The Morgan fingerprint density at radius 2 is 2.22 bits per heavy atom. The summed E-state index contributed by atoms with van der Waals surface area (Å²) in [5.74, 6) is 1.35. The van der Waals surface area contributed by atoms with E-state index in [1.807, 2.05) is 28.8 Å². The van der Waals surface area contributed by atoms with Crippen LogP contribution in [0.4, 0.5) is 0 Å². The zero-order valence-corrected chi connectivity index (χ0v) is 16.7. The monoisotopic (exact) mass is 408 g/mol. The maximum atomic E-state index is 12.6. The highest BCUT2D eigenvalue weighted by atomic mass is 32.2. The van der Waals surface area contributed by atoms with Crippen molar-refractivity contribution in [2.75, 3.05) is 38.8 Å². The minimum atomic E-state index is -0.321. The van der Waals surface area contributed by atoms with Gasteiger partial charge in [-0.05, 0) is 12.1 Å². The number of hydrogen-bond donors (Lipinski definition) is 0. The number of carbonyl (C=O) groups is 2. The zero-order chi connectivity index (χ0) is 19.2. The van der Waals surface area contributed by atoms with Crippen molar-refractivity contribution in [2.24, 2.45) is 0 Å². The quantitative estimate of drug-likeness (QED) is 0.525. The van der Waals surface area contributed by atoms with Gasteiger partial charge < -0.3 is 14.4 Å². The summed E-state index contributed by atoms with van der Waals surface area (Å²) < 4.78 is 11.8. The van der Waals surface area contributed by atoms with Crippen LogP contribution in [0.2, 0.25) is 0 Å². The normalized spacial score (nSPS) is 16.8. The number of methoxy groups -OCH3 is 2. The van der Waals surface area contributed by atoms with Gasteiger partial charge in [-0.25, -0.2) is 0 Å². The molecule has 3 rings (SSSR count). The van der Waals surface area contributed by atoms with Crippen molar-refractivity contribution in [1.29, 1.82) is 0 Å². The van der Waals surface area contributed by atoms with Crippen molar-refractivity contribution in [1.82, 2.24) is 19.7 Å². The van der Waals surface area contributed by atoms with Gasteiger partial charge in [0.15, 0.2) is 5.16 Å². The van der Waals surface area contributed by atoms with E-state index in [4.69, 9.17) is 9.47 Å². The molecule has 1 atom stereocenters. The van der Waals surface area contributed by atoms with Crippen LogP contribution in [0.3, 0.4) is 0 Å². The Labute approximate surface area is 165 Å². The summed E-state index contributed by atoms with van der Waals surface area (Å²) in [6.07, 6.45) is 1.60. The molecule has 1 fully saturated rings. The second-order valence-electron chi connectivity index (χ2n) is 5.70. The van der Waals surface area contributed by atoms with Gasteiger partial charge in [0.05, 0.1) is 25.7 Å². The second-order valence-corrected chi connectivity index (χ2v) is 7.95. The lowest BCUT2D eigenvalue weighted by Gasteiger charge is -2.30. The van der Waals surface area contributed by atoms with Crippen molar-refractivity contribution in [3.63, 3.8) is 0 Å². The summed E-state index contributed by atoms with van der Waals surface area (Å²) in [6.45, 7) is 0.999. The van der Waals surface area contributed by atoms with Crippen molar-refractivity contribution in [3.8, 4) is 11.4 Å². The van der Waals surface area contributed by atoms with Gasteiger partial charge in [-0.3, -0.25) is 14.2 Å². The third-order valence-corrected chi connectivity index (χ3v) is 6.15. The van der Waals surface area contributed by atoms with Gasteiger partial charge in [-0.2, -0.15) is 0 Å². The number of amides is 1. The van der Waals surface area contributed by atoms with Gasteiger partial charge >= 0.3 is 5.97 Å². The van der Waals surface area contributed by atoms with Gasteiger partial charge in [-0.15, -0.1) is 22.0 Å². The molecule has 8 nitrogen and oxygen atoms in total. The van der Waals surface area contributed by atoms with Gasteiger partial charge in [0.1, 0.15) is 17.3 Å². The van der Waals surface area contributed by atoms with E-state index in [0.717, 1.165) is 17.2 Å². The fraction of sp³-hybridized carbons (Fsp3) is 0.412. The standard InChI is InChI=1S/C17H20N4O4S2/c1-24-13-5-3-4-12(8-13)21-11-18-19-17(21)27-10-15(22)20-6-7-26-14(9-20)16(23)25-2/h3-5,8,11,14H,6-7,9-10H2,1-2H3/t14-/m0/s1. The molecule has 10 heteroatoms. The molecule has 1 amide bonds. The van der Waals surface area contributed by atoms with Crippen molar-refractivity contribution in [3.05, 3.63) is 30.6 Å². The molecule has 0 aliphatic carbocycles. The number of ether oxygens (including phenoxy) is 2. The first kappa shape index (κ1) is 19.6. The molecule has 1 aromatic heterocycles. The lowest BCUT2D eigenvalue weighted by molar-refractivity contribution is -0.141. The molecule has 0 saturated carbocycles. The number of hydrogen-bond acceptors (Lipinski definition) is 8. The predicted molar refractivity (Wildman–Crippen MR) is 103 cm³/mol. The Kier molecular flexibility index (Phi) is 6.62. The maximum Gasteiger partial charge on any atom is 0.320 e. The van der Waals surface area contributed by atoms with Gasteiger partial charge in [0, 0.05) is 24.9 Å². The molecule has 0 N–H and O–H groups in total. The second kappa shape index (κ2) is 9.14. The number of aromatic nitrogens is 3. The Bertz CT molecular complexity index is 814. The fourth-order valence-corrected chi connectivity index (χ4v) is 4.59. The molecule has 1 aliphatic heterocycles. The van der Waals surface area contributed by atoms with Crippen LogP contribution in [0.1, 0.15) is 0 Å². The van der Waals surface area contributed by atoms with E-state index in [9.17, 15) is 9.59 Å². The molecule has 0 radical (unpaired) electrons. The minimum absolute atomic E-state index is 0.0330. The van der Waals surface area contributed by atoms with Gasteiger partial charge in [0.2, 0.25) is 5.91 Å². The first-order chi connectivity index (χ1) is 13.1. The zero-order valence-electron chi connectivity index (χ0n) is 15.0. The smallest absolute Gasteiger partial charge is 0.320 e. The fourth-order valence-electron chi connectivity index (χ4n) is 2.63. The van der Waals surface area contributed by atoms with E-state index < -0.39 is 0 Å². The Balaban J connectivity index is 1.63. The Morgan fingerprint density at radius 1 is 1.37 bits per heavy atom. The summed E-state index contributed by atoms with van der Waals surface area (Å²) in [5, 5.41) is 8.36. The summed E-state index contributed by atoms with van der Waals surface area (Å²) in [7, 11) is 2.98. The Morgan fingerprint density at radius 3 is 3.00 bits per heavy atom. The minimum Gasteiger partial charge on any atom is -0.497 e. The maximum absolute atomic E-state index is 12.6.